The molecule has 1 heterocycles. The average molecular weight is 490 g/mol. The van der Waals surface area contributed by atoms with Crippen LogP contribution in [-0.2, 0) is 30.6 Å². The summed E-state index contributed by atoms with van der Waals surface area (Å²) >= 11 is 5.69. The molecule has 1 aliphatic heterocycles. The summed E-state index contributed by atoms with van der Waals surface area (Å²) in [5.74, 6) is -1.63. The fraction of sp³-hybridized carbons (Fsp3) is 0.316. The quantitative estimate of drug-likeness (QED) is 0.643. The second-order valence-corrected chi connectivity index (χ2v) is 11.2. The van der Waals surface area contributed by atoms with E-state index in [1.807, 2.05) is 0 Å². The summed E-state index contributed by atoms with van der Waals surface area (Å²) in [6, 6.07) is 9.52. The maximum atomic E-state index is 13.3. The molecule has 0 aromatic heterocycles. The van der Waals surface area contributed by atoms with Crippen LogP contribution in [-0.4, -0.2) is 40.1 Å². The van der Waals surface area contributed by atoms with Crippen LogP contribution in [0.15, 0.2) is 47.4 Å². The topological polar surface area (TPSA) is 127 Å². The minimum atomic E-state index is -3.84. The summed E-state index contributed by atoms with van der Waals surface area (Å²) in [6.07, 6.45) is 0.646. The molecule has 0 unspecified atom stereocenters. The van der Waals surface area contributed by atoms with Crippen molar-refractivity contribution in [2.45, 2.75) is 23.5 Å². The molecule has 0 saturated carbocycles. The molecule has 0 radical (unpaired) electrons. The van der Waals surface area contributed by atoms with Gasteiger partial charge in [-0.15, -0.1) is 0 Å². The van der Waals surface area contributed by atoms with Crippen molar-refractivity contribution in [3.05, 3.63) is 58.9 Å². The van der Waals surface area contributed by atoms with Gasteiger partial charge in [0.1, 0.15) is 5.82 Å². The van der Waals surface area contributed by atoms with E-state index in [9.17, 15) is 26.0 Å². The third-order valence-corrected chi connectivity index (χ3v) is 7.86. The van der Waals surface area contributed by atoms with Gasteiger partial charge in [0, 0.05) is 24.7 Å². The van der Waals surface area contributed by atoms with Crippen LogP contribution in [0.3, 0.4) is 0 Å². The van der Waals surface area contributed by atoms with E-state index in [0.717, 1.165) is 18.2 Å². The van der Waals surface area contributed by atoms with Gasteiger partial charge in [0.05, 0.1) is 15.7 Å². The number of hydrogen-bond donors (Lipinski definition) is 2. The van der Waals surface area contributed by atoms with Gasteiger partial charge in [0.15, 0.2) is 0 Å². The summed E-state index contributed by atoms with van der Waals surface area (Å²) in [5, 5.41) is 7.49. The van der Waals surface area contributed by atoms with Gasteiger partial charge in [0.2, 0.25) is 26.0 Å². The lowest BCUT2D eigenvalue weighted by Crippen LogP contribution is -2.41. The Morgan fingerprint density at radius 3 is 2.26 bits per heavy atom. The first kappa shape index (κ1) is 23.6. The second-order valence-electron chi connectivity index (χ2n) is 7.25. The molecule has 1 amide bonds. The van der Waals surface area contributed by atoms with Gasteiger partial charge in [-0.05, 0) is 48.7 Å². The van der Waals surface area contributed by atoms with Crippen LogP contribution in [0.1, 0.15) is 18.4 Å². The number of sulfonamides is 2. The van der Waals surface area contributed by atoms with E-state index in [0.29, 0.717) is 24.1 Å². The predicted octanol–water partition coefficient (Wildman–Crippen LogP) is 2.31. The number of primary sulfonamides is 1. The van der Waals surface area contributed by atoms with E-state index in [1.54, 1.807) is 24.3 Å². The Hall–Kier alpha value is -2.05. The van der Waals surface area contributed by atoms with E-state index >= 15 is 0 Å². The molecule has 2 aromatic rings. The van der Waals surface area contributed by atoms with Gasteiger partial charge in [-0.3, -0.25) is 4.79 Å². The van der Waals surface area contributed by atoms with Crippen LogP contribution in [0, 0.1) is 11.7 Å². The number of carbonyl (C=O) groups excluding carboxylic acids is 1. The molecule has 0 aliphatic carbocycles. The molecule has 1 saturated heterocycles. The number of rotatable bonds is 6. The standard InChI is InChI=1S/C19H21ClFN3O5S2/c20-17-11-16(5-6-18(17)21)31(28,29)24-9-7-14(8-10-24)19(25)23-15-3-1-13(2-4-15)12-30(22,26)27/h1-6,11,14H,7-10,12H2,(H,23,25)(H2,22,26,27). The van der Waals surface area contributed by atoms with Gasteiger partial charge in [0.25, 0.3) is 0 Å². The lowest BCUT2D eigenvalue weighted by atomic mass is 9.97. The van der Waals surface area contributed by atoms with Crippen molar-refractivity contribution in [3.8, 4) is 0 Å². The van der Waals surface area contributed by atoms with E-state index in [4.69, 9.17) is 16.7 Å². The molecule has 3 N–H and O–H groups in total. The SMILES string of the molecule is NS(=O)(=O)Cc1ccc(NC(=O)C2CCN(S(=O)(=O)c3ccc(F)c(Cl)c3)CC2)cc1. The van der Waals surface area contributed by atoms with Gasteiger partial charge in [-0.1, -0.05) is 23.7 Å². The molecular weight excluding hydrogens is 469 g/mol. The van der Waals surface area contributed by atoms with Crippen molar-refractivity contribution in [3.63, 3.8) is 0 Å². The fourth-order valence-electron chi connectivity index (χ4n) is 3.31. The minimum absolute atomic E-state index is 0.0959. The Morgan fingerprint density at radius 2 is 1.71 bits per heavy atom. The molecule has 31 heavy (non-hydrogen) atoms. The number of piperidine rings is 1. The van der Waals surface area contributed by atoms with Crippen molar-refractivity contribution >= 4 is 43.2 Å². The van der Waals surface area contributed by atoms with Crippen molar-refractivity contribution < 1.29 is 26.0 Å². The van der Waals surface area contributed by atoms with Crippen LogP contribution in [0.5, 0.6) is 0 Å². The highest BCUT2D eigenvalue weighted by Crippen LogP contribution is 2.27. The van der Waals surface area contributed by atoms with Crippen LogP contribution < -0.4 is 10.5 Å². The first-order valence-electron chi connectivity index (χ1n) is 9.31. The Morgan fingerprint density at radius 1 is 1.10 bits per heavy atom. The van der Waals surface area contributed by atoms with Crippen molar-refractivity contribution in [1.29, 1.82) is 0 Å². The molecule has 0 spiro atoms. The number of amides is 1. The van der Waals surface area contributed by atoms with Gasteiger partial charge >= 0.3 is 0 Å². The largest absolute Gasteiger partial charge is 0.326 e. The normalized spacial score (nSPS) is 16.2. The molecule has 0 bridgehead atoms. The molecule has 168 valence electrons. The molecule has 1 fully saturated rings. The Labute approximate surface area is 185 Å². The third kappa shape index (κ3) is 6.01. The lowest BCUT2D eigenvalue weighted by Gasteiger charge is -2.30. The zero-order valence-corrected chi connectivity index (χ0v) is 18.7. The smallest absolute Gasteiger partial charge is 0.243 e. The maximum absolute atomic E-state index is 13.3. The first-order valence-corrected chi connectivity index (χ1v) is 12.8. The van der Waals surface area contributed by atoms with Crippen LogP contribution in [0.25, 0.3) is 0 Å². The van der Waals surface area contributed by atoms with E-state index in [-0.39, 0.29) is 40.6 Å². The predicted molar refractivity (Wildman–Crippen MR) is 115 cm³/mol. The van der Waals surface area contributed by atoms with Crippen LogP contribution in [0.4, 0.5) is 10.1 Å². The fourth-order valence-corrected chi connectivity index (χ4v) is 5.70. The van der Waals surface area contributed by atoms with Crippen molar-refractivity contribution in [1.82, 2.24) is 4.31 Å². The summed E-state index contributed by atoms with van der Waals surface area (Å²) in [5.41, 5.74) is 0.999. The number of nitrogens with one attached hydrogen (secondary N) is 1. The highest BCUT2D eigenvalue weighted by molar-refractivity contribution is 7.89. The molecule has 2 aromatic carbocycles. The molecule has 0 atom stereocenters. The first-order chi connectivity index (χ1) is 14.5. The number of nitrogens with zero attached hydrogens (tertiary/aromatic N) is 1. The number of carbonyl (C=O) groups is 1. The van der Waals surface area contributed by atoms with Gasteiger partial charge in [-0.25, -0.2) is 26.4 Å². The Balaban J connectivity index is 1.59. The zero-order valence-electron chi connectivity index (χ0n) is 16.3. The number of halogens is 2. The van der Waals surface area contributed by atoms with E-state index in [1.165, 1.54) is 4.31 Å². The summed E-state index contributed by atoms with van der Waals surface area (Å²) in [7, 11) is -7.48. The molecule has 8 nitrogen and oxygen atoms in total. The number of anilines is 1. The van der Waals surface area contributed by atoms with Crippen LogP contribution in [0.2, 0.25) is 5.02 Å². The Kier molecular flexibility index (Phi) is 7.01. The third-order valence-electron chi connectivity index (χ3n) is 4.94. The lowest BCUT2D eigenvalue weighted by molar-refractivity contribution is -0.120. The Bertz CT molecular complexity index is 1180. The number of hydrogen-bond acceptors (Lipinski definition) is 5. The molecule has 3 rings (SSSR count). The molecule has 1 aliphatic rings. The second kappa shape index (κ2) is 9.21. The monoisotopic (exact) mass is 489 g/mol. The van der Waals surface area contributed by atoms with Crippen molar-refractivity contribution in [2.75, 3.05) is 18.4 Å². The van der Waals surface area contributed by atoms with Crippen molar-refractivity contribution in [2.24, 2.45) is 11.1 Å². The number of nitrogens with two attached hydrogens (primary N) is 1. The van der Waals surface area contributed by atoms with E-state index < -0.39 is 25.9 Å². The summed E-state index contributed by atoms with van der Waals surface area (Å²) in [6.45, 7) is 0.283. The summed E-state index contributed by atoms with van der Waals surface area (Å²) in [4.78, 5) is 12.4. The minimum Gasteiger partial charge on any atom is -0.326 e. The number of benzene rings is 2. The van der Waals surface area contributed by atoms with Crippen LogP contribution >= 0.6 is 11.6 Å². The highest BCUT2D eigenvalue weighted by Gasteiger charge is 2.32. The zero-order chi connectivity index (χ0) is 22.8. The average Bonchev–Trinajstić information content (AvgIpc) is 2.70. The van der Waals surface area contributed by atoms with Gasteiger partial charge < -0.3 is 5.32 Å². The van der Waals surface area contributed by atoms with Gasteiger partial charge in [-0.2, -0.15) is 4.31 Å². The van der Waals surface area contributed by atoms with E-state index in [2.05, 4.69) is 5.32 Å². The highest BCUT2D eigenvalue weighted by atomic mass is 35.5. The molecule has 12 heteroatoms. The maximum Gasteiger partial charge on any atom is 0.243 e. The molecular formula is C19H21ClFN3O5S2. The summed E-state index contributed by atoms with van der Waals surface area (Å²) < 4.78 is 62.3.